The molecule has 104 valence electrons. The number of H-pyrrole nitrogens is 1. The lowest BCUT2D eigenvalue weighted by Crippen LogP contribution is -2.18. The van der Waals surface area contributed by atoms with Gasteiger partial charge in [0.15, 0.2) is 11.5 Å². The lowest BCUT2D eigenvalue weighted by Gasteiger charge is -2.18. The third kappa shape index (κ3) is 2.29. The van der Waals surface area contributed by atoms with Crippen LogP contribution < -0.4 is 14.8 Å². The first-order valence-electron chi connectivity index (χ1n) is 6.37. The lowest BCUT2D eigenvalue weighted by atomic mass is 10.2. The van der Waals surface area contributed by atoms with E-state index in [-0.39, 0.29) is 5.91 Å². The SMILES string of the molecule is CCc1[nH]cnc1C(=O)Nc1cc2c(cn1)OCCO2. The van der Waals surface area contributed by atoms with Crippen LogP contribution in [0.25, 0.3) is 0 Å². The third-order valence-corrected chi connectivity index (χ3v) is 2.96. The first-order chi connectivity index (χ1) is 9.78. The summed E-state index contributed by atoms with van der Waals surface area (Å²) in [6.45, 7) is 2.95. The van der Waals surface area contributed by atoms with Crippen molar-refractivity contribution in [3.05, 3.63) is 30.0 Å². The van der Waals surface area contributed by atoms with Crippen molar-refractivity contribution in [2.75, 3.05) is 18.5 Å². The number of anilines is 1. The van der Waals surface area contributed by atoms with Crippen molar-refractivity contribution >= 4 is 11.7 Å². The average molecular weight is 274 g/mol. The zero-order valence-corrected chi connectivity index (χ0v) is 11.0. The van der Waals surface area contributed by atoms with Gasteiger partial charge in [-0.25, -0.2) is 9.97 Å². The van der Waals surface area contributed by atoms with E-state index in [1.807, 2.05) is 6.92 Å². The second-order valence-corrected chi connectivity index (χ2v) is 4.25. The molecular formula is C13H14N4O3. The predicted molar refractivity (Wildman–Crippen MR) is 71.1 cm³/mol. The maximum Gasteiger partial charge on any atom is 0.277 e. The zero-order valence-electron chi connectivity index (χ0n) is 11.0. The Labute approximate surface area is 115 Å². The Balaban J connectivity index is 1.79. The number of aryl methyl sites for hydroxylation is 1. The van der Waals surface area contributed by atoms with E-state index in [0.29, 0.717) is 42.6 Å². The fraction of sp³-hybridized carbons (Fsp3) is 0.308. The van der Waals surface area contributed by atoms with E-state index < -0.39 is 0 Å². The quantitative estimate of drug-likeness (QED) is 0.882. The number of hydrogen-bond acceptors (Lipinski definition) is 5. The molecule has 1 aliphatic heterocycles. The summed E-state index contributed by atoms with van der Waals surface area (Å²) < 4.78 is 10.8. The van der Waals surface area contributed by atoms with Crippen molar-refractivity contribution in [2.45, 2.75) is 13.3 Å². The Morgan fingerprint density at radius 2 is 2.15 bits per heavy atom. The molecule has 0 unspecified atom stereocenters. The molecule has 0 atom stereocenters. The number of nitrogens with one attached hydrogen (secondary N) is 2. The Hall–Kier alpha value is -2.57. The second-order valence-electron chi connectivity index (χ2n) is 4.25. The van der Waals surface area contributed by atoms with Gasteiger partial charge >= 0.3 is 0 Å². The summed E-state index contributed by atoms with van der Waals surface area (Å²) in [6.07, 6.45) is 3.75. The standard InChI is InChI=1S/C13H14N4O3/c1-2-8-12(16-7-15-8)13(18)17-11-5-9-10(6-14-11)20-4-3-19-9/h5-7H,2-4H2,1H3,(H,15,16)(H,14,17,18). The van der Waals surface area contributed by atoms with Gasteiger partial charge in [0, 0.05) is 11.8 Å². The minimum absolute atomic E-state index is 0.299. The van der Waals surface area contributed by atoms with Crippen LogP contribution in [0, 0.1) is 0 Å². The number of fused-ring (bicyclic) bond motifs is 1. The monoisotopic (exact) mass is 274 g/mol. The van der Waals surface area contributed by atoms with Crippen LogP contribution in [0.1, 0.15) is 23.1 Å². The second kappa shape index (κ2) is 5.20. The van der Waals surface area contributed by atoms with Crippen LogP contribution in [0.2, 0.25) is 0 Å². The minimum Gasteiger partial charge on any atom is -0.486 e. The van der Waals surface area contributed by atoms with Gasteiger partial charge in [-0.15, -0.1) is 0 Å². The molecule has 7 nitrogen and oxygen atoms in total. The van der Waals surface area contributed by atoms with Crippen LogP contribution in [-0.2, 0) is 6.42 Å². The highest BCUT2D eigenvalue weighted by atomic mass is 16.6. The van der Waals surface area contributed by atoms with E-state index in [4.69, 9.17) is 9.47 Å². The summed E-state index contributed by atoms with van der Waals surface area (Å²) in [5, 5.41) is 2.70. The molecule has 7 heteroatoms. The van der Waals surface area contributed by atoms with Gasteiger partial charge in [-0.1, -0.05) is 6.92 Å². The number of hydrogen-bond donors (Lipinski definition) is 2. The first kappa shape index (κ1) is 12.5. The summed E-state index contributed by atoms with van der Waals surface area (Å²) >= 11 is 0. The molecule has 0 spiro atoms. The molecule has 0 aromatic carbocycles. The summed E-state index contributed by atoms with van der Waals surface area (Å²) in [6, 6.07) is 1.64. The fourth-order valence-electron chi connectivity index (χ4n) is 1.98. The highest BCUT2D eigenvalue weighted by molar-refractivity contribution is 6.03. The van der Waals surface area contributed by atoms with E-state index in [2.05, 4.69) is 20.3 Å². The number of pyridine rings is 1. The molecule has 1 aliphatic rings. The molecule has 3 heterocycles. The topological polar surface area (TPSA) is 89.1 Å². The van der Waals surface area contributed by atoms with Crippen LogP contribution in [0.5, 0.6) is 11.5 Å². The van der Waals surface area contributed by atoms with Crippen molar-refractivity contribution in [2.24, 2.45) is 0 Å². The third-order valence-electron chi connectivity index (χ3n) is 2.96. The maximum atomic E-state index is 12.1. The predicted octanol–water partition coefficient (Wildman–Crippen LogP) is 1.39. The molecule has 20 heavy (non-hydrogen) atoms. The smallest absolute Gasteiger partial charge is 0.277 e. The van der Waals surface area contributed by atoms with Crippen molar-refractivity contribution in [3.8, 4) is 11.5 Å². The zero-order chi connectivity index (χ0) is 13.9. The lowest BCUT2D eigenvalue weighted by molar-refractivity contribution is 0.102. The van der Waals surface area contributed by atoms with E-state index in [0.717, 1.165) is 5.69 Å². The van der Waals surface area contributed by atoms with Gasteiger partial charge < -0.3 is 19.8 Å². The molecule has 2 N–H and O–H groups in total. The number of imidazole rings is 1. The number of ether oxygens (including phenoxy) is 2. The number of rotatable bonds is 3. The Morgan fingerprint density at radius 1 is 1.35 bits per heavy atom. The highest BCUT2D eigenvalue weighted by Crippen LogP contribution is 2.30. The van der Waals surface area contributed by atoms with Crippen molar-refractivity contribution < 1.29 is 14.3 Å². The van der Waals surface area contributed by atoms with Crippen LogP contribution in [0.15, 0.2) is 18.6 Å². The molecule has 0 radical (unpaired) electrons. The number of carbonyl (C=O) groups is 1. The summed E-state index contributed by atoms with van der Waals surface area (Å²) in [5.41, 5.74) is 1.17. The molecule has 0 fully saturated rings. The van der Waals surface area contributed by atoms with Crippen LogP contribution in [0.3, 0.4) is 0 Å². The Bertz CT molecular complexity index is 638. The molecule has 2 aromatic heterocycles. The average Bonchev–Trinajstić information content (AvgIpc) is 2.95. The van der Waals surface area contributed by atoms with Crippen LogP contribution >= 0.6 is 0 Å². The largest absolute Gasteiger partial charge is 0.486 e. The van der Waals surface area contributed by atoms with Gasteiger partial charge in [0.05, 0.1) is 12.5 Å². The van der Waals surface area contributed by atoms with Crippen molar-refractivity contribution in [1.82, 2.24) is 15.0 Å². The summed E-state index contributed by atoms with van der Waals surface area (Å²) in [5.74, 6) is 1.28. The molecular weight excluding hydrogens is 260 g/mol. The van der Waals surface area contributed by atoms with Gasteiger partial charge in [-0.3, -0.25) is 4.79 Å². The fourth-order valence-corrected chi connectivity index (χ4v) is 1.98. The van der Waals surface area contributed by atoms with Crippen LogP contribution in [-0.4, -0.2) is 34.1 Å². The van der Waals surface area contributed by atoms with Gasteiger partial charge in [-0.05, 0) is 6.42 Å². The van der Waals surface area contributed by atoms with Gasteiger partial charge in [0.1, 0.15) is 24.7 Å². The summed E-state index contributed by atoms with van der Waals surface area (Å²) in [7, 11) is 0. The molecule has 0 saturated carbocycles. The van der Waals surface area contributed by atoms with E-state index in [9.17, 15) is 4.79 Å². The molecule has 1 amide bonds. The van der Waals surface area contributed by atoms with E-state index in [1.54, 1.807) is 6.07 Å². The van der Waals surface area contributed by atoms with Gasteiger partial charge in [0.25, 0.3) is 5.91 Å². The molecule has 0 bridgehead atoms. The number of aromatic nitrogens is 3. The number of aromatic amines is 1. The maximum absolute atomic E-state index is 12.1. The van der Waals surface area contributed by atoms with Crippen molar-refractivity contribution in [3.63, 3.8) is 0 Å². The van der Waals surface area contributed by atoms with Gasteiger partial charge in [0.2, 0.25) is 0 Å². The first-order valence-corrected chi connectivity index (χ1v) is 6.37. The van der Waals surface area contributed by atoms with Crippen molar-refractivity contribution in [1.29, 1.82) is 0 Å². The number of nitrogens with zero attached hydrogens (tertiary/aromatic N) is 2. The highest BCUT2D eigenvalue weighted by Gasteiger charge is 2.17. The molecule has 0 aliphatic carbocycles. The minimum atomic E-state index is -0.299. The Kier molecular flexibility index (Phi) is 3.24. The number of amides is 1. The Morgan fingerprint density at radius 3 is 2.95 bits per heavy atom. The molecule has 0 saturated heterocycles. The van der Waals surface area contributed by atoms with E-state index >= 15 is 0 Å². The normalized spacial score (nSPS) is 13.1. The molecule has 2 aromatic rings. The molecule has 3 rings (SSSR count). The van der Waals surface area contributed by atoms with Gasteiger partial charge in [-0.2, -0.15) is 0 Å². The van der Waals surface area contributed by atoms with E-state index in [1.165, 1.54) is 12.5 Å². The van der Waals surface area contributed by atoms with Crippen LogP contribution in [0.4, 0.5) is 5.82 Å². The summed E-state index contributed by atoms with van der Waals surface area (Å²) in [4.78, 5) is 23.2. The number of carbonyl (C=O) groups excluding carboxylic acids is 1.